The monoisotopic (exact) mass is 303 g/mol. The first-order chi connectivity index (χ1) is 10.1. The predicted molar refractivity (Wildman–Crippen MR) is 92.8 cm³/mol. The van der Waals surface area contributed by atoms with Gasteiger partial charge in [0.25, 0.3) is 0 Å². The maximum atomic E-state index is 4.90. The number of aromatic nitrogens is 1. The quantitative estimate of drug-likeness (QED) is 0.854. The Morgan fingerprint density at radius 2 is 1.95 bits per heavy atom. The molecule has 1 aromatic heterocycles. The molecule has 1 heterocycles. The van der Waals surface area contributed by atoms with Gasteiger partial charge in [-0.05, 0) is 38.4 Å². The fraction of sp³-hybridized carbons (Fsp3) is 0.471. The Morgan fingerprint density at radius 3 is 2.52 bits per heavy atom. The Bertz CT molecular complexity index is 574. The van der Waals surface area contributed by atoms with Crippen LogP contribution in [-0.4, -0.2) is 19.1 Å². The molecular formula is C17H25N3S. The van der Waals surface area contributed by atoms with E-state index >= 15 is 0 Å². The number of hydrogen-bond acceptors (Lipinski definition) is 4. The molecule has 0 aliphatic heterocycles. The zero-order valence-electron chi connectivity index (χ0n) is 13.6. The van der Waals surface area contributed by atoms with Crippen LogP contribution in [0, 0.1) is 6.92 Å². The molecule has 4 heteroatoms. The van der Waals surface area contributed by atoms with Crippen LogP contribution >= 0.6 is 11.3 Å². The van der Waals surface area contributed by atoms with Crippen molar-refractivity contribution in [1.29, 1.82) is 0 Å². The van der Waals surface area contributed by atoms with Gasteiger partial charge in [-0.2, -0.15) is 0 Å². The van der Waals surface area contributed by atoms with Crippen molar-refractivity contribution in [2.45, 2.75) is 39.7 Å². The van der Waals surface area contributed by atoms with Gasteiger partial charge in [-0.25, -0.2) is 4.98 Å². The summed E-state index contributed by atoms with van der Waals surface area (Å²) < 4.78 is 0. The Morgan fingerprint density at radius 1 is 1.29 bits per heavy atom. The minimum atomic E-state index is 0.504. The van der Waals surface area contributed by atoms with Crippen molar-refractivity contribution in [2.75, 3.05) is 19.0 Å². The number of hydrogen-bond donors (Lipinski definition) is 1. The Labute approximate surface area is 132 Å². The number of nitrogens with zero attached hydrogens (tertiary/aromatic N) is 2. The van der Waals surface area contributed by atoms with Gasteiger partial charge in [-0.1, -0.05) is 42.9 Å². The van der Waals surface area contributed by atoms with Crippen molar-refractivity contribution in [1.82, 2.24) is 10.3 Å². The van der Waals surface area contributed by atoms with Crippen LogP contribution in [0.3, 0.4) is 0 Å². The van der Waals surface area contributed by atoms with Crippen molar-refractivity contribution >= 4 is 22.2 Å². The number of anilines is 2. The Hall–Kier alpha value is -1.39. The predicted octanol–water partition coefficient (Wildman–Crippen LogP) is 4.45. The fourth-order valence-corrected chi connectivity index (χ4v) is 3.41. The number of thiazole rings is 1. The SMILES string of the molecule is CCC(C)c1nc(N(C)c2ccc(C)cc2)sc1CNC. The molecule has 1 N–H and O–H groups in total. The molecule has 1 atom stereocenters. The van der Waals surface area contributed by atoms with Gasteiger partial charge in [0.2, 0.25) is 0 Å². The van der Waals surface area contributed by atoms with Gasteiger partial charge in [-0.3, -0.25) is 0 Å². The molecule has 0 saturated heterocycles. The van der Waals surface area contributed by atoms with Gasteiger partial charge in [0.15, 0.2) is 5.13 Å². The molecule has 21 heavy (non-hydrogen) atoms. The van der Waals surface area contributed by atoms with Gasteiger partial charge in [0, 0.05) is 24.2 Å². The van der Waals surface area contributed by atoms with E-state index in [0.717, 1.165) is 18.1 Å². The van der Waals surface area contributed by atoms with Gasteiger partial charge >= 0.3 is 0 Å². The van der Waals surface area contributed by atoms with E-state index in [-0.39, 0.29) is 0 Å². The fourth-order valence-electron chi connectivity index (χ4n) is 2.24. The lowest BCUT2D eigenvalue weighted by Crippen LogP contribution is -2.09. The lowest BCUT2D eigenvalue weighted by molar-refractivity contribution is 0.693. The first kappa shape index (κ1) is 16.0. The second-order valence-corrected chi connectivity index (χ2v) is 6.60. The maximum absolute atomic E-state index is 4.90. The maximum Gasteiger partial charge on any atom is 0.190 e. The van der Waals surface area contributed by atoms with E-state index in [0.29, 0.717) is 5.92 Å². The van der Waals surface area contributed by atoms with Crippen LogP contribution in [-0.2, 0) is 6.54 Å². The summed E-state index contributed by atoms with van der Waals surface area (Å²) in [5.41, 5.74) is 3.70. The number of aryl methyl sites for hydroxylation is 1. The molecule has 1 unspecified atom stereocenters. The zero-order chi connectivity index (χ0) is 15.4. The molecule has 0 saturated carbocycles. The lowest BCUT2D eigenvalue weighted by atomic mass is 10.0. The lowest BCUT2D eigenvalue weighted by Gasteiger charge is -2.16. The third-order valence-electron chi connectivity index (χ3n) is 3.84. The highest BCUT2D eigenvalue weighted by Crippen LogP contribution is 2.34. The molecule has 0 radical (unpaired) electrons. The van der Waals surface area contributed by atoms with Gasteiger partial charge in [0.05, 0.1) is 5.69 Å². The van der Waals surface area contributed by atoms with Crippen LogP contribution in [0.4, 0.5) is 10.8 Å². The largest absolute Gasteiger partial charge is 0.321 e. The third-order valence-corrected chi connectivity index (χ3v) is 4.99. The highest BCUT2D eigenvalue weighted by Gasteiger charge is 2.18. The summed E-state index contributed by atoms with van der Waals surface area (Å²) in [6, 6.07) is 8.59. The van der Waals surface area contributed by atoms with Crippen molar-refractivity contribution in [3.05, 3.63) is 40.4 Å². The molecule has 1 aromatic carbocycles. The topological polar surface area (TPSA) is 28.2 Å². The van der Waals surface area contributed by atoms with Gasteiger partial charge in [0.1, 0.15) is 0 Å². The first-order valence-electron chi connectivity index (χ1n) is 7.51. The minimum absolute atomic E-state index is 0.504. The molecule has 0 aliphatic carbocycles. The standard InChI is InChI=1S/C17H25N3S/c1-6-13(3)16-15(11-18-4)21-17(19-16)20(5)14-9-7-12(2)8-10-14/h7-10,13,18H,6,11H2,1-5H3. The van der Waals surface area contributed by atoms with Gasteiger partial charge in [-0.15, -0.1) is 0 Å². The summed E-state index contributed by atoms with van der Waals surface area (Å²) in [6.45, 7) is 7.47. The van der Waals surface area contributed by atoms with E-state index in [1.54, 1.807) is 11.3 Å². The van der Waals surface area contributed by atoms with Crippen molar-refractivity contribution in [2.24, 2.45) is 0 Å². The second-order valence-electron chi connectivity index (χ2n) is 5.54. The number of nitrogens with one attached hydrogen (secondary N) is 1. The smallest absolute Gasteiger partial charge is 0.190 e. The molecule has 114 valence electrons. The Kier molecular flexibility index (Phi) is 5.37. The molecule has 0 fully saturated rings. The summed E-state index contributed by atoms with van der Waals surface area (Å²) in [6.07, 6.45) is 1.12. The van der Waals surface area contributed by atoms with E-state index in [2.05, 4.69) is 62.3 Å². The first-order valence-corrected chi connectivity index (χ1v) is 8.33. The number of benzene rings is 1. The average Bonchev–Trinajstić information content (AvgIpc) is 2.91. The van der Waals surface area contributed by atoms with Crippen molar-refractivity contribution in [3.63, 3.8) is 0 Å². The second kappa shape index (κ2) is 7.05. The van der Waals surface area contributed by atoms with E-state index in [1.165, 1.54) is 21.8 Å². The summed E-state index contributed by atoms with van der Waals surface area (Å²) >= 11 is 1.79. The molecule has 0 amide bonds. The zero-order valence-corrected chi connectivity index (χ0v) is 14.4. The van der Waals surface area contributed by atoms with Crippen LogP contribution in [0.1, 0.15) is 42.3 Å². The van der Waals surface area contributed by atoms with E-state index < -0.39 is 0 Å². The molecule has 2 rings (SSSR count). The van der Waals surface area contributed by atoms with Crippen LogP contribution in [0.15, 0.2) is 24.3 Å². The van der Waals surface area contributed by atoms with Crippen LogP contribution in [0.5, 0.6) is 0 Å². The summed E-state index contributed by atoms with van der Waals surface area (Å²) in [4.78, 5) is 8.43. The molecule has 0 spiro atoms. The molecule has 0 aliphatic rings. The van der Waals surface area contributed by atoms with Gasteiger partial charge < -0.3 is 10.2 Å². The van der Waals surface area contributed by atoms with E-state index in [9.17, 15) is 0 Å². The minimum Gasteiger partial charge on any atom is -0.321 e. The van der Waals surface area contributed by atoms with E-state index in [1.807, 2.05) is 7.05 Å². The van der Waals surface area contributed by atoms with E-state index in [4.69, 9.17) is 4.98 Å². The summed E-state index contributed by atoms with van der Waals surface area (Å²) in [7, 11) is 4.08. The van der Waals surface area contributed by atoms with Crippen molar-refractivity contribution in [3.8, 4) is 0 Å². The highest BCUT2D eigenvalue weighted by molar-refractivity contribution is 7.15. The third kappa shape index (κ3) is 3.63. The molecule has 2 aromatic rings. The number of rotatable bonds is 6. The molecular weight excluding hydrogens is 278 g/mol. The molecule has 3 nitrogen and oxygen atoms in total. The summed E-state index contributed by atoms with van der Waals surface area (Å²) in [5.74, 6) is 0.504. The summed E-state index contributed by atoms with van der Waals surface area (Å²) in [5, 5.41) is 4.32. The Balaban J connectivity index is 2.32. The highest BCUT2D eigenvalue weighted by atomic mass is 32.1. The average molecular weight is 303 g/mol. The van der Waals surface area contributed by atoms with Crippen LogP contribution < -0.4 is 10.2 Å². The van der Waals surface area contributed by atoms with Crippen LogP contribution in [0.25, 0.3) is 0 Å². The normalized spacial score (nSPS) is 12.4. The van der Waals surface area contributed by atoms with Crippen LogP contribution in [0.2, 0.25) is 0 Å². The molecule has 0 bridgehead atoms. The van der Waals surface area contributed by atoms with Crippen molar-refractivity contribution < 1.29 is 0 Å².